The summed E-state index contributed by atoms with van der Waals surface area (Å²) in [5.74, 6) is -1.65. The number of benzene rings is 2. The van der Waals surface area contributed by atoms with Gasteiger partial charge in [-0.1, -0.05) is 43.0 Å². The standard InChI is InChI=1S/C23H25F3O4S/c1-4-22(2,3)30-21(27)16-31(28,29)20-13-11-19(12-14-20)18-9-7-17(8-10-18)6-5-15-23(24,25)26/h4,7-14H,1,5-6,15-16H2,2-3H3. The molecule has 0 heterocycles. The third-order valence-corrected chi connectivity index (χ3v) is 6.21. The average Bonchev–Trinajstić information content (AvgIpc) is 2.67. The highest BCUT2D eigenvalue weighted by atomic mass is 32.2. The van der Waals surface area contributed by atoms with Crippen molar-refractivity contribution >= 4 is 15.8 Å². The number of alkyl halides is 3. The van der Waals surface area contributed by atoms with Crippen LogP contribution in [0.15, 0.2) is 66.1 Å². The van der Waals surface area contributed by atoms with Crippen molar-refractivity contribution in [1.82, 2.24) is 0 Å². The summed E-state index contributed by atoms with van der Waals surface area (Å²) in [6.07, 6.45) is -3.20. The molecular formula is C23H25F3O4S. The Hall–Kier alpha value is -2.61. The molecule has 2 aromatic carbocycles. The molecule has 0 amide bonds. The van der Waals surface area contributed by atoms with Gasteiger partial charge in [-0.3, -0.25) is 4.79 Å². The minimum atomic E-state index is -4.15. The van der Waals surface area contributed by atoms with Gasteiger partial charge in [-0.15, -0.1) is 0 Å². The van der Waals surface area contributed by atoms with Gasteiger partial charge < -0.3 is 4.74 Å². The number of halogens is 3. The Morgan fingerprint density at radius 2 is 1.52 bits per heavy atom. The van der Waals surface area contributed by atoms with Crippen molar-refractivity contribution in [3.05, 3.63) is 66.7 Å². The van der Waals surface area contributed by atoms with Gasteiger partial charge >= 0.3 is 12.1 Å². The summed E-state index contributed by atoms with van der Waals surface area (Å²) < 4.78 is 66.8. The zero-order chi connectivity index (χ0) is 23.3. The molecule has 0 saturated heterocycles. The van der Waals surface area contributed by atoms with Gasteiger partial charge in [0.1, 0.15) is 5.60 Å². The molecule has 168 valence electrons. The van der Waals surface area contributed by atoms with Gasteiger partial charge in [0.15, 0.2) is 15.6 Å². The Morgan fingerprint density at radius 1 is 1.00 bits per heavy atom. The fourth-order valence-electron chi connectivity index (χ4n) is 2.81. The SMILES string of the molecule is C=CC(C)(C)OC(=O)CS(=O)(=O)c1ccc(-c2ccc(CCCC(F)(F)F)cc2)cc1. The van der Waals surface area contributed by atoms with Crippen LogP contribution in [0.4, 0.5) is 13.2 Å². The van der Waals surface area contributed by atoms with Crippen LogP contribution in [0.3, 0.4) is 0 Å². The van der Waals surface area contributed by atoms with E-state index in [0.717, 1.165) is 16.7 Å². The highest BCUT2D eigenvalue weighted by molar-refractivity contribution is 7.92. The van der Waals surface area contributed by atoms with Crippen LogP contribution in [-0.2, 0) is 25.8 Å². The molecule has 0 atom stereocenters. The Labute approximate surface area is 180 Å². The molecule has 2 aromatic rings. The van der Waals surface area contributed by atoms with E-state index >= 15 is 0 Å². The van der Waals surface area contributed by atoms with Crippen molar-refractivity contribution < 1.29 is 31.1 Å². The number of rotatable bonds is 9. The van der Waals surface area contributed by atoms with Crippen LogP contribution in [0.25, 0.3) is 11.1 Å². The van der Waals surface area contributed by atoms with Crippen molar-refractivity contribution in [3.8, 4) is 11.1 Å². The number of sulfone groups is 1. The topological polar surface area (TPSA) is 60.4 Å². The van der Waals surface area contributed by atoms with Gasteiger partial charge in [-0.2, -0.15) is 13.2 Å². The van der Waals surface area contributed by atoms with Gasteiger partial charge in [0, 0.05) is 6.42 Å². The van der Waals surface area contributed by atoms with Crippen LogP contribution in [0, 0.1) is 0 Å². The van der Waals surface area contributed by atoms with Gasteiger partial charge in [0.2, 0.25) is 0 Å². The summed E-state index contributed by atoms with van der Waals surface area (Å²) in [6.45, 7) is 6.73. The third-order valence-electron chi connectivity index (χ3n) is 4.60. The number of carbonyl (C=O) groups is 1. The van der Waals surface area contributed by atoms with Crippen molar-refractivity contribution in [2.24, 2.45) is 0 Å². The van der Waals surface area contributed by atoms with E-state index in [2.05, 4.69) is 6.58 Å². The van der Waals surface area contributed by atoms with E-state index < -0.39 is 39.8 Å². The zero-order valence-electron chi connectivity index (χ0n) is 17.4. The lowest BCUT2D eigenvalue weighted by Gasteiger charge is -2.20. The Morgan fingerprint density at radius 3 is 2.00 bits per heavy atom. The van der Waals surface area contributed by atoms with E-state index in [4.69, 9.17) is 4.74 Å². The van der Waals surface area contributed by atoms with Crippen molar-refractivity contribution in [2.75, 3.05) is 5.75 Å². The van der Waals surface area contributed by atoms with Gasteiger partial charge in [0.25, 0.3) is 0 Å². The second kappa shape index (κ2) is 9.68. The van der Waals surface area contributed by atoms with Crippen LogP contribution in [0.5, 0.6) is 0 Å². The maximum Gasteiger partial charge on any atom is 0.389 e. The molecule has 0 unspecified atom stereocenters. The maximum absolute atomic E-state index is 12.5. The fraction of sp³-hybridized carbons (Fsp3) is 0.348. The quantitative estimate of drug-likeness (QED) is 0.370. The minimum Gasteiger partial charge on any atom is -0.455 e. The van der Waals surface area contributed by atoms with Gasteiger partial charge in [-0.05, 0) is 61.6 Å². The lowest BCUT2D eigenvalue weighted by molar-refractivity contribution is -0.149. The molecule has 0 saturated carbocycles. The normalized spacial score (nSPS) is 12.4. The van der Waals surface area contributed by atoms with Crippen LogP contribution < -0.4 is 0 Å². The molecule has 31 heavy (non-hydrogen) atoms. The minimum absolute atomic E-state index is 0.00613. The molecular weight excluding hydrogens is 429 g/mol. The lowest BCUT2D eigenvalue weighted by Crippen LogP contribution is -2.29. The second-order valence-electron chi connectivity index (χ2n) is 7.73. The van der Waals surface area contributed by atoms with E-state index in [1.54, 1.807) is 50.2 Å². The predicted molar refractivity (Wildman–Crippen MR) is 113 cm³/mol. The Bertz CT molecular complexity index is 1010. The number of ether oxygens (including phenoxy) is 1. The Kier molecular flexibility index (Phi) is 7.70. The average molecular weight is 455 g/mol. The van der Waals surface area contributed by atoms with Crippen molar-refractivity contribution in [3.63, 3.8) is 0 Å². The highest BCUT2D eigenvalue weighted by Crippen LogP contribution is 2.25. The second-order valence-corrected chi connectivity index (χ2v) is 9.72. The molecule has 0 aliphatic carbocycles. The molecule has 4 nitrogen and oxygen atoms in total. The summed E-state index contributed by atoms with van der Waals surface area (Å²) in [5, 5.41) is 0. The Balaban J connectivity index is 2.04. The fourth-order valence-corrected chi connectivity index (χ4v) is 3.90. The van der Waals surface area contributed by atoms with Gasteiger partial charge in [0.05, 0.1) is 4.90 Å². The summed E-state index contributed by atoms with van der Waals surface area (Å²) >= 11 is 0. The molecule has 0 bridgehead atoms. The molecule has 8 heteroatoms. The lowest BCUT2D eigenvalue weighted by atomic mass is 10.0. The number of carbonyl (C=O) groups excluding carboxylic acids is 1. The van der Waals surface area contributed by atoms with Crippen molar-refractivity contribution in [1.29, 1.82) is 0 Å². The number of aryl methyl sites for hydroxylation is 1. The summed E-state index contributed by atoms with van der Waals surface area (Å²) in [7, 11) is -3.87. The molecule has 0 aliphatic rings. The summed E-state index contributed by atoms with van der Waals surface area (Å²) in [6, 6.07) is 13.1. The number of hydrogen-bond acceptors (Lipinski definition) is 4. The van der Waals surface area contributed by atoms with Crippen LogP contribution in [-0.4, -0.2) is 31.9 Å². The predicted octanol–water partition coefficient (Wildman–Crippen LogP) is 5.52. The van der Waals surface area contributed by atoms with Gasteiger partial charge in [-0.25, -0.2) is 8.42 Å². The van der Waals surface area contributed by atoms with Crippen LogP contribution >= 0.6 is 0 Å². The zero-order valence-corrected chi connectivity index (χ0v) is 18.2. The first-order valence-electron chi connectivity index (χ1n) is 9.66. The molecule has 0 aliphatic heterocycles. The first-order valence-corrected chi connectivity index (χ1v) is 11.3. The molecule has 0 N–H and O–H groups in total. The molecule has 0 radical (unpaired) electrons. The smallest absolute Gasteiger partial charge is 0.389 e. The van der Waals surface area contributed by atoms with Crippen LogP contribution in [0.1, 0.15) is 32.3 Å². The molecule has 0 spiro atoms. The van der Waals surface area contributed by atoms with E-state index in [0.29, 0.717) is 6.42 Å². The first-order chi connectivity index (χ1) is 14.3. The highest BCUT2D eigenvalue weighted by Gasteiger charge is 2.26. The largest absolute Gasteiger partial charge is 0.455 e. The van der Waals surface area contributed by atoms with E-state index in [1.165, 1.54) is 18.2 Å². The summed E-state index contributed by atoms with van der Waals surface area (Å²) in [5.41, 5.74) is 1.38. The first kappa shape index (κ1) is 24.7. The van der Waals surface area contributed by atoms with Crippen molar-refractivity contribution in [2.45, 2.75) is 49.8 Å². The molecule has 2 rings (SSSR count). The van der Waals surface area contributed by atoms with E-state index in [-0.39, 0.29) is 11.3 Å². The van der Waals surface area contributed by atoms with Crippen LogP contribution in [0.2, 0.25) is 0 Å². The molecule has 0 aromatic heterocycles. The number of hydrogen-bond donors (Lipinski definition) is 0. The maximum atomic E-state index is 12.5. The van der Waals surface area contributed by atoms with E-state index in [9.17, 15) is 26.4 Å². The third kappa shape index (κ3) is 7.86. The monoisotopic (exact) mass is 454 g/mol. The summed E-state index contributed by atoms with van der Waals surface area (Å²) in [4.78, 5) is 11.9. The molecule has 0 fully saturated rings. The number of esters is 1. The van der Waals surface area contributed by atoms with E-state index in [1.807, 2.05) is 0 Å².